The second-order valence-electron chi connectivity index (χ2n) is 4.60. The van der Waals surface area contributed by atoms with Crippen molar-refractivity contribution in [2.75, 3.05) is 0 Å². The van der Waals surface area contributed by atoms with E-state index in [1.807, 2.05) is 42.5 Å². The molecule has 0 radical (unpaired) electrons. The van der Waals surface area contributed by atoms with Gasteiger partial charge in [-0.1, -0.05) is 24.3 Å². The molecule has 0 aliphatic heterocycles. The lowest BCUT2D eigenvalue weighted by Gasteiger charge is -2.00. The molecule has 0 fully saturated rings. The van der Waals surface area contributed by atoms with Crippen LogP contribution in [-0.2, 0) is 11.3 Å². The van der Waals surface area contributed by atoms with Crippen LogP contribution in [0, 0.1) is 0 Å². The molecule has 1 aromatic carbocycles. The maximum Gasteiger partial charge on any atom is 0.244 e. The largest absolute Gasteiger partial charge is 0.457 e. The van der Waals surface area contributed by atoms with Crippen LogP contribution in [0.2, 0.25) is 0 Å². The number of hydrogen-bond donors (Lipinski definition) is 1. The highest BCUT2D eigenvalue weighted by atomic mass is 16.3. The maximum atomic E-state index is 11.7. The van der Waals surface area contributed by atoms with Crippen LogP contribution in [0.5, 0.6) is 0 Å². The van der Waals surface area contributed by atoms with Crippen LogP contribution in [0.15, 0.2) is 65.4 Å². The second-order valence-corrected chi connectivity index (χ2v) is 4.60. The standard InChI is InChI=1S/C17H14N2O2/c20-17(19-12-13-4-3-9-18-11-13)8-7-15-10-14-5-1-2-6-16(14)21-15/h1-11H,12H2,(H,19,20)/b8-7+. The van der Waals surface area contributed by atoms with Gasteiger partial charge in [0.15, 0.2) is 0 Å². The SMILES string of the molecule is O=C(/C=C/c1cc2ccccc2o1)NCc1cccnc1. The third kappa shape index (κ3) is 3.36. The van der Waals surface area contributed by atoms with Gasteiger partial charge in [0.2, 0.25) is 5.91 Å². The number of nitrogens with one attached hydrogen (secondary N) is 1. The highest BCUT2D eigenvalue weighted by molar-refractivity contribution is 5.92. The fourth-order valence-corrected chi connectivity index (χ4v) is 1.99. The topological polar surface area (TPSA) is 55.1 Å². The summed E-state index contributed by atoms with van der Waals surface area (Å²) in [5.74, 6) is 0.493. The van der Waals surface area contributed by atoms with E-state index < -0.39 is 0 Å². The monoisotopic (exact) mass is 278 g/mol. The summed E-state index contributed by atoms with van der Waals surface area (Å²) in [5, 5.41) is 3.82. The average molecular weight is 278 g/mol. The first-order valence-corrected chi connectivity index (χ1v) is 6.65. The van der Waals surface area contributed by atoms with Gasteiger partial charge in [-0.15, -0.1) is 0 Å². The molecule has 2 aromatic heterocycles. The van der Waals surface area contributed by atoms with Crippen molar-refractivity contribution in [2.24, 2.45) is 0 Å². The molecule has 1 amide bonds. The quantitative estimate of drug-likeness (QED) is 0.746. The molecule has 104 valence electrons. The first-order valence-electron chi connectivity index (χ1n) is 6.65. The fourth-order valence-electron chi connectivity index (χ4n) is 1.99. The molecule has 4 heteroatoms. The van der Waals surface area contributed by atoms with Crippen molar-refractivity contribution >= 4 is 23.0 Å². The van der Waals surface area contributed by atoms with Gasteiger partial charge >= 0.3 is 0 Å². The summed E-state index contributed by atoms with van der Waals surface area (Å²) in [6.07, 6.45) is 6.56. The number of carbonyl (C=O) groups excluding carboxylic acids is 1. The number of aromatic nitrogens is 1. The zero-order valence-electron chi connectivity index (χ0n) is 11.3. The predicted molar refractivity (Wildman–Crippen MR) is 81.3 cm³/mol. The molecule has 21 heavy (non-hydrogen) atoms. The number of hydrogen-bond acceptors (Lipinski definition) is 3. The van der Waals surface area contributed by atoms with E-state index in [1.54, 1.807) is 18.5 Å². The highest BCUT2D eigenvalue weighted by Gasteiger charge is 2.01. The molecule has 0 bridgehead atoms. The molecule has 0 atom stereocenters. The Labute approximate surface area is 122 Å². The molecule has 0 saturated carbocycles. The molecule has 4 nitrogen and oxygen atoms in total. The van der Waals surface area contributed by atoms with E-state index >= 15 is 0 Å². The minimum absolute atomic E-state index is 0.167. The van der Waals surface area contributed by atoms with Gasteiger partial charge in [-0.3, -0.25) is 9.78 Å². The van der Waals surface area contributed by atoms with Crippen LogP contribution in [-0.4, -0.2) is 10.9 Å². The van der Waals surface area contributed by atoms with Gasteiger partial charge in [0, 0.05) is 30.4 Å². The summed E-state index contributed by atoms with van der Waals surface area (Å²) in [6, 6.07) is 13.4. The van der Waals surface area contributed by atoms with Crippen LogP contribution in [0.25, 0.3) is 17.0 Å². The number of furan rings is 1. The maximum absolute atomic E-state index is 11.7. The molecule has 0 aliphatic carbocycles. The summed E-state index contributed by atoms with van der Waals surface area (Å²) in [6.45, 7) is 0.455. The predicted octanol–water partition coefficient (Wildman–Crippen LogP) is 3.16. The number of amides is 1. The van der Waals surface area contributed by atoms with Gasteiger partial charge in [-0.25, -0.2) is 0 Å². The number of pyridine rings is 1. The van der Waals surface area contributed by atoms with Gasteiger partial charge in [0.1, 0.15) is 11.3 Å². The molecule has 0 unspecified atom stereocenters. The number of benzene rings is 1. The first-order chi connectivity index (χ1) is 10.3. The highest BCUT2D eigenvalue weighted by Crippen LogP contribution is 2.19. The number of para-hydroxylation sites is 1. The molecule has 1 N–H and O–H groups in total. The zero-order chi connectivity index (χ0) is 14.5. The normalized spacial score (nSPS) is 11.0. The summed E-state index contributed by atoms with van der Waals surface area (Å²) >= 11 is 0. The van der Waals surface area contributed by atoms with Gasteiger partial charge < -0.3 is 9.73 Å². The summed E-state index contributed by atoms with van der Waals surface area (Å²) in [5.41, 5.74) is 1.77. The number of nitrogens with zero attached hydrogens (tertiary/aromatic N) is 1. The van der Waals surface area contributed by atoms with Crippen molar-refractivity contribution in [3.05, 3.63) is 72.3 Å². The summed E-state index contributed by atoms with van der Waals surface area (Å²) in [4.78, 5) is 15.7. The summed E-state index contributed by atoms with van der Waals surface area (Å²) < 4.78 is 5.60. The van der Waals surface area contributed by atoms with Crippen molar-refractivity contribution in [1.82, 2.24) is 10.3 Å². The van der Waals surface area contributed by atoms with Gasteiger partial charge in [-0.05, 0) is 29.8 Å². The van der Waals surface area contributed by atoms with Crippen molar-refractivity contribution < 1.29 is 9.21 Å². The Hall–Kier alpha value is -2.88. The van der Waals surface area contributed by atoms with E-state index in [2.05, 4.69) is 10.3 Å². The molecule has 2 heterocycles. The van der Waals surface area contributed by atoms with E-state index in [0.717, 1.165) is 16.5 Å². The Kier molecular flexibility index (Phi) is 3.78. The van der Waals surface area contributed by atoms with Crippen molar-refractivity contribution in [3.8, 4) is 0 Å². The smallest absolute Gasteiger partial charge is 0.244 e. The Morgan fingerprint density at radius 2 is 2.14 bits per heavy atom. The van der Waals surface area contributed by atoms with Crippen molar-refractivity contribution in [2.45, 2.75) is 6.54 Å². The van der Waals surface area contributed by atoms with Gasteiger partial charge in [0.05, 0.1) is 0 Å². The van der Waals surface area contributed by atoms with Crippen LogP contribution >= 0.6 is 0 Å². The van der Waals surface area contributed by atoms with E-state index in [9.17, 15) is 4.79 Å². The Morgan fingerprint density at radius 3 is 2.95 bits per heavy atom. The van der Waals surface area contributed by atoms with Crippen LogP contribution in [0.3, 0.4) is 0 Å². The minimum atomic E-state index is -0.167. The molecular formula is C17H14N2O2. The van der Waals surface area contributed by atoms with Crippen molar-refractivity contribution in [1.29, 1.82) is 0 Å². The van der Waals surface area contributed by atoms with E-state index in [4.69, 9.17) is 4.42 Å². The lowest BCUT2D eigenvalue weighted by Crippen LogP contribution is -2.20. The zero-order valence-corrected chi connectivity index (χ0v) is 11.3. The molecule has 3 rings (SSSR count). The Balaban J connectivity index is 1.61. The summed E-state index contributed by atoms with van der Waals surface area (Å²) in [7, 11) is 0. The van der Waals surface area contributed by atoms with Gasteiger partial charge in [-0.2, -0.15) is 0 Å². The van der Waals surface area contributed by atoms with E-state index in [0.29, 0.717) is 12.3 Å². The van der Waals surface area contributed by atoms with Crippen LogP contribution < -0.4 is 5.32 Å². The van der Waals surface area contributed by atoms with Crippen LogP contribution in [0.1, 0.15) is 11.3 Å². The minimum Gasteiger partial charge on any atom is -0.457 e. The fraction of sp³-hybridized carbons (Fsp3) is 0.0588. The molecule has 0 aliphatic rings. The Bertz CT molecular complexity index is 743. The number of carbonyl (C=O) groups is 1. The van der Waals surface area contributed by atoms with Crippen molar-refractivity contribution in [3.63, 3.8) is 0 Å². The number of fused-ring (bicyclic) bond motifs is 1. The Morgan fingerprint density at radius 1 is 1.24 bits per heavy atom. The van der Waals surface area contributed by atoms with Crippen LogP contribution in [0.4, 0.5) is 0 Å². The van der Waals surface area contributed by atoms with E-state index in [-0.39, 0.29) is 5.91 Å². The third-order valence-electron chi connectivity index (χ3n) is 3.03. The average Bonchev–Trinajstić information content (AvgIpc) is 2.95. The first kappa shape index (κ1) is 13.1. The lowest BCUT2D eigenvalue weighted by molar-refractivity contribution is -0.116. The molecule has 0 spiro atoms. The molecular weight excluding hydrogens is 264 g/mol. The van der Waals surface area contributed by atoms with E-state index in [1.165, 1.54) is 6.08 Å². The molecule has 3 aromatic rings. The third-order valence-corrected chi connectivity index (χ3v) is 3.03. The van der Waals surface area contributed by atoms with Gasteiger partial charge in [0.25, 0.3) is 0 Å². The number of rotatable bonds is 4. The lowest BCUT2D eigenvalue weighted by atomic mass is 10.2. The second kappa shape index (κ2) is 6.05. The molecule has 0 saturated heterocycles.